The Balaban J connectivity index is 1.84. The first kappa shape index (κ1) is 25.8. The molecule has 10 heteroatoms. The van der Waals surface area contributed by atoms with Crippen LogP contribution in [0.2, 0.25) is 5.02 Å². The number of para-hydroxylation sites is 2. The summed E-state index contributed by atoms with van der Waals surface area (Å²) in [6.07, 6.45) is -0.831. The minimum absolute atomic E-state index is 0.0783. The van der Waals surface area contributed by atoms with Crippen molar-refractivity contribution in [1.82, 2.24) is 0 Å². The molecular weight excluding hydrogens is 481 g/mol. The molecule has 34 heavy (non-hydrogen) atoms. The van der Waals surface area contributed by atoms with Crippen molar-refractivity contribution in [1.29, 1.82) is 0 Å². The predicted octanol–water partition coefficient (Wildman–Crippen LogP) is 4.49. The van der Waals surface area contributed by atoms with Crippen molar-refractivity contribution in [3.8, 4) is 5.75 Å². The third kappa shape index (κ3) is 6.60. The molecule has 0 spiro atoms. The van der Waals surface area contributed by atoms with Gasteiger partial charge >= 0.3 is 0 Å². The van der Waals surface area contributed by atoms with Gasteiger partial charge in [0.05, 0.1) is 22.9 Å². The SMILES string of the molecule is CC(OCCN)N(c1ccccc1NCCOc1ccc(F)cc1)S(=O)(=O)c1ccc(Cl)cc1. The molecule has 0 radical (unpaired) electrons. The van der Waals surface area contributed by atoms with Gasteiger partial charge < -0.3 is 20.5 Å². The van der Waals surface area contributed by atoms with Crippen LogP contribution in [0.1, 0.15) is 6.92 Å². The van der Waals surface area contributed by atoms with E-state index in [1.54, 1.807) is 43.3 Å². The fourth-order valence-corrected chi connectivity index (χ4v) is 4.95. The molecule has 0 aromatic heterocycles. The van der Waals surface area contributed by atoms with E-state index >= 15 is 0 Å². The summed E-state index contributed by atoms with van der Waals surface area (Å²) in [5, 5.41) is 3.64. The number of benzene rings is 3. The van der Waals surface area contributed by atoms with Crippen LogP contribution in [-0.4, -0.2) is 40.9 Å². The Morgan fingerprint density at radius 3 is 2.38 bits per heavy atom. The van der Waals surface area contributed by atoms with E-state index in [0.717, 1.165) is 0 Å². The zero-order valence-corrected chi connectivity index (χ0v) is 20.2. The van der Waals surface area contributed by atoms with Crippen LogP contribution in [0.15, 0.2) is 77.7 Å². The molecule has 0 bridgehead atoms. The van der Waals surface area contributed by atoms with Crippen molar-refractivity contribution in [2.24, 2.45) is 5.73 Å². The summed E-state index contributed by atoms with van der Waals surface area (Å²) in [7, 11) is -4.00. The Kier molecular flexibility index (Phi) is 9.12. The first-order chi connectivity index (χ1) is 16.3. The quantitative estimate of drug-likeness (QED) is 0.277. The van der Waals surface area contributed by atoms with E-state index in [0.29, 0.717) is 28.7 Å². The van der Waals surface area contributed by atoms with Gasteiger partial charge in [0.25, 0.3) is 10.0 Å². The maximum atomic E-state index is 13.6. The summed E-state index contributed by atoms with van der Waals surface area (Å²) >= 11 is 5.95. The molecule has 3 aromatic rings. The van der Waals surface area contributed by atoms with E-state index in [1.165, 1.54) is 40.7 Å². The van der Waals surface area contributed by atoms with Crippen LogP contribution >= 0.6 is 11.6 Å². The van der Waals surface area contributed by atoms with E-state index in [2.05, 4.69) is 5.32 Å². The van der Waals surface area contributed by atoms with Gasteiger partial charge in [-0.1, -0.05) is 23.7 Å². The zero-order chi connectivity index (χ0) is 24.6. The van der Waals surface area contributed by atoms with Crippen molar-refractivity contribution in [3.63, 3.8) is 0 Å². The highest BCUT2D eigenvalue weighted by Crippen LogP contribution is 2.33. The van der Waals surface area contributed by atoms with Gasteiger partial charge in [0.1, 0.15) is 24.4 Å². The highest BCUT2D eigenvalue weighted by Gasteiger charge is 2.31. The summed E-state index contributed by atoms with van der Waals surface area (Å²) in [4.78, 5) is 0.0783. The number of nitrogens with one attached hydrogen (secondary N) is 1. The Hall–Kier alpha value is -2.85. The molecule has 0 fully saturated rings. The average Bonchev–Trinajstić information content (AvgIpc) is 2.83. The van der Waals surface area contributed by atoms with Gasteiger partial charge in [0.2, 0.25) is 0 Å². The maximum absolute atomic E-state index is 13.6. The number of ether oxygens (including phenoxy) is 2. The molecule has 0 amide bonds. The van der Waals surface area contributed by atoms with Crippen LogP contribution in [0, 0.1) is 5.82 Å². The summed E-state index contributed by atoms with van der Waals surface area (Å²) in [6, 6.07) is 18.7. The maximum Gasteiger partial charge on any atom is 0.266 e. The molecular formula is C24H27ClFN3O4S. The molecule has 3 N–H and O–H groups in total. The summed E-state index contributed by atoms with van der Waals surface area (Å²) in [5.74, 6) is 0.194. The standard InChI is InChI=1S/C24H27ClFN3O4S/c1-18(32-16-14-27)29(34(30,31)22-12-6-19(25)7-13-22)24-5-3-2-4-23(24)28-15-17-33-21-10-8-20(26)9-11-21/h2-13,18,28H,14-17,27H2,1H3. The van der Waals surface area contributed by atoms with Gasteiger partial charge in [-0.05, 0) is 67.6 Å². The molecule has 3 aromatic carbocycles. The van der Waals surface area contributed by atoms with Crippen LogP contribution in [0.4, 0.5) is 15.8 Å². The summed E-state index contributed by atoms with van der Waals surface area (Å²) in [5.41, 5.74) is 6.55. The van der Waals surface area contributed by atoms with Crippen molar-refractivity contribution in [2.75, 3.05) is 35.9 Å². The molecule has 0 aliphatic heterocycles. The smallest absolute Gasteiger partial charge is 0.266 e. The summed E-state index contributed by atoms with van der Waals surface area (Å²) in [6.45, 7) is 2.75. The number of hydrogen-bond acceptors (Lipinski definition) is 6. The topological polar surface area (TPSA) is 93.9 Å². The number of anilines is 2. The van der Waals surface area contributed by atoms with Crippen LogP contribution in [0.25, 0.3) is 0 Å². The second kappa shape index (κ2) is 12.0. The molecule has 0 aliphatic carbocycles. The fourth-order valence-electron chi connectivity index (χ4n) is 3.25. The molecule has 7 nitrogen and oxygen atoms in total. The van der Waals surface area contributed by atoms with Crippen LogP contribution in [0.3, 0.4) is 0 Å². The lowest BCUT2D eigenvalue weighted by molar-refractivity contribution is 0.0802. The molecule has 182 valence electrons. The van der Waals surface area contributed by atoms with Gasteiger partial charge in [-0.2, -0.15) is 0 Å². The average molecular weight is 508 g/mol. The number of halogens is 2. The van der Waals surface area contributed by atoms with E-state index in [9.17, 15) is 12.8 Å². The van der Waals surface area contributed by atoms with Gasteiger partial charge in [-0.3, -0.25) is 0 Å². The first-order valence-electron chi connectivity index (χ1n) is 10.7. The van der Waals surface area contributed by atoms with E-state index in [4.69, 9.17) is 26.8 Å². The minimum Gasteiger partial charge on any atom is -0.492 e. The Morgan fingerprint density at radius 2 is 1.71 bits per heavy atom. The Labute approximate surface area is 204 Å². The second-order valence-electron chi connectivity index (χ2n) is 7.26. The van der Waals surface area contributed by atoms with E-state index in [1.807, 2.05) is 0 Å². The number of nitrogens with zero attached hydrogens (tertiary/aromatic N) is 1. The van der Waals surface area contributed by atoms with Crippen LogP contribution in [-0.2, 0) is 14.8 Å². The molecule has 3 rings (SSSR count). The second-order valence-corrected chi connectivity index (χ2v) is 9.51. The Morgan fingerprint density at radius 1 is 1.03 bits per heavy atom. The number of sulfonamides is 1. The molecule has 0 aliphatic rings. The third-order valence-electron chi connectivity index (χ3n) is 4.82. The lowest BCUT2D eigenvalue weighted by Gasteiger charge is -2.32. The lowest BCUT2D eigenvalue weighted by atomic mass is 10.2. The van der Waals surface area contributed by atoms with Gasteiger partial charge in [-0.25, -0.2) is 17.1 Å². The van der Waals surface area contributed by atoms with E-state index in [-0.39, 0.29) is 30.5 Å². The van der Waals surface area contributed by atoms with Crippen molar-refractivity contribution < 1.29 is 22.3 Å². The van der Waals surface area contributed by atoms with Crippen molar-refractivity contribution in [2.45, 2.75) is 18.0 Å². The third-order valence-corrected chi connectivity index (χ3v) is 6.95. The van der Waals surface area contributed by atoms with E-state index < -0.39 is 16.3 Å². The zero-order valence-electron chi connectivity index (χ0n) is 18.7. The predicted molar refractivity (Wildman–Crippen MR) is 132 cm³/mol. The summed E-state index contributed by atoms with van der Waals surface area (Å²) < 4.78 is 52.9. The first-order valence-corrected chi connectivity index (χ1v) is 12.5. The van der Waals surface area contributed by atoms with Gasteiger partial charge in [0.15, 0.2) is 0 Å². The lowest BCUT2D eigenvalue weighted by Crippen LogP contribution is -2.41. The van der Waals surface area contributed by atoms with Crippen LogP contribution in [0.5, 0.6) is 5.75 Å². The fraction of sp³-hybridized carbons (Fsp3) is 0.250. The highest BCUT2D eigenvalue weighted by atomic mass is 35.5. The highest BCUT2D eigenvalue weighted by molar-refractivity contribution is 7.92. The Bertz CT molecular complexity index is 1160. The number of hydrogen-bond donors (Lipinski definition) is 2. The van der Waals surface area contributed by atoms with Crippen molar-refractivity contribution in [3.05, 3.63) is 83.6 Å². The number of rotatable bonds is 12. The molecule has 0 saturated heterocycles. The molecule has 0 heterocycles. The monoisotopic (exact) mass is 507 g/mol. The van der Waals surface area contributed by atoms with Crippen LogP contribution < -0.4 is 20.1 Å². The number of nitrogens with two attached hydrogens (primary N) is 1. The largest absolute Gasteiger partial charge is 0.492 e. The minimum atomic E-state index is -4.00. The van der Waals surface area contributed by atoms with Gasteiger partial charge in [-0.15, -0.1) is 0 Å². The normalized spacial score (nSPS) is 12.2. The molecule has 1 unspecified atom stereocenters. The molecule has 0 saturated carbocycles. The molecule has 1 atom stereocenters. The van der Waals surface area contributed by atoms with Gasteiger partial charge in [0, 0.05) is 18.1 Å². The van der Waals surface area contributed by atoms with Crippen molar-refractivity contribution >= 4 is 33.0 Å².